The van der Waals surface area contributed by atoms with E-state index in [9.17, 15) is 8.42 Å². The molecule has 1 rings (SSSR count). The highest BCUT2D eigenvalue weighted by Gasteiger charge is 2.24. The molecule has 0 bridgehead atoms. The zero-order valence-electron chi connectivity index (χ0n) is 8.46. The SMILES string of the molecule is NC1CCCC(C/C(=C\O)S(=O)(=O)O)C1. The molecule has 1 fully saturated rings. The first-order chi connectivity index (χ1) is 6.93. The van der Waals surface area contributed by atoms with Crippen molar-refractivity contribution in [2.24, 2.45) is 11.7 Å². The molecule has 15 heavy (non-hydrogen) atoms. The van der Waals surface area contributed by atoms with Gasteiger partial charge in [-0.1, -0.05) is 6.42 Å². The van der Waals surface area contributed by atoms with Gasteiger partial charge in [0.2, 0.25) is 0 Å². The van der Waals surface area contributed by atoms with E-state index in [4.69, 9.17) is 15.4 Å². The summed E-state index contributed by atoms with van der Waals surface area (Å²) in [5, 5.41) is 8.73. The van der Waals surface area contributed by atoms with Gasteiger partial charge in [-0.25, -0.2) is 0 Å². The fourth-order valence-corrected chi connectivity index (χ4v) is 2.61. The zero-order valence-corrected chi connectivity index (χ0v) is 9.28. The maximum Gasteiger partial charge on any atom is 0.293 e. The minimum absolute atomic E-state index is 0.102. The topological polar surface area (TPSA) is 101 Å². The summed E-state index contributed by atoms with van der Waals surface area (Å²) in [6, 6.07) is 0.102. The molecule has 0 aromatic heterocycles. The van der Waals surface area contributed by atoms with Gasteiger partial charge in [0.1, 0.15) is 4.91 Å². The van der Waals surface area contributed by atoms with E-state index in [2.05, 4.69) is 0 Å². The highest BCUT2D eigenvalue weighted by molar-refractivity contribution is 7.89. The van der Waals surface area contributed by atoms with Crippen LogP contribution in [0.15, 0.2) is 11.2 Å². The van der Waals surface area contributed by atoms with Crippen LogP contribution >= 0.6 is 0 Å². The molecule has 1 aliphatic carbocycles. The van der Waals surface area contributed by atoms with Crippen LogP contribution < -0.4 is 5.73 Å². The van der Waals surface area contributed by atoms with Gasteiger partial charge in [0, 0.05) is 6.04 Å². The van der Waals surface area contributed by atoms with Gasteiger partial charge < -0.3 is 10.8 Å². The zero-order chi connectivity index (χ0) is 11.5. The highest BCUT2D eigenvalue weighted by Crippen LogP contribution is 2.29. The molecular formula is C9H17NO4S. The van der Waals surface area contributed by atoms with Gasteiger partial charge in [-0.15, -0.1) is 0 Å². The molecule has 0 radical (unpaired) electrons. The summed E-state index contributed by atoms with van der Waals surface area (Å²) in [6.07, 6.45) is 4.20. The van der Waals surface area contributed by atoms with Crippen molar-refractivity contribution < 1.29 is 18.1 Å². The van der Waals surface area contributed by atoms with Crippen molar-refractivity contribution >= 4 is 10.1 Å². The van der Waals surface area contributed by atoms with E-state index in [-0.39, 0.29) is 23.3 Å². The monoisotopic (exact) mass is 235 g/mol. The Kier molecular flexibility index (Phi) is 4.12. The molecule has 88 valence electrons. The number of hydrogen-bond donors (Lipinski definition) is 3. The highest BCUT2D eigenvalue weighted by atomic mass is 32.2. The first-order valence-corrected chi connectivity index (χ1v) is 6.44. The number of nitrogens with two attached hydrogens (primary N) is 1. The smallest absolute Gasteiger partial charge is 0.293 e. The summed E-state index contributed by atoms with van der Waals surface area (Å²) in [4.78, 5) is -0.318. The Balaban J connectivity index is 2.60. The second-order valence-corrected chi connectivity index (χ2v) is 5.54. The van der Waals surface area contributed by atoms with Gasteiger partial charge >= 0.3 is 0 Å². The fourth-order valence-electron chi connectivity index (χ4n) is 2.03. The van der Waals surface area contributed by atoms with Crippen LogP contribution in [-0.4, -0.2) is 24.1 Å². The largest absolute Gasteiger partial charge is 0.514 e. The van der Waals surface area contributed by atoms with E-state index < -0.39 is 10.1 Å². The second kappa shape index (κ2) is 4.96. The van der Waals surface area contributed by atoms with E-state index in [0.717, 1.165) is 25.7 Å². The normalized spacial score (nSPS) is 29.1. The summed E-state index contributed by atoms with van der Waals surface area (Å²) >= 11 is 0. The molecule has 0 heterocycles. The minimum Gasteiger partial charge on any atom is -0.514 e. The Morgan fingerprint density at radius 2 is 2.13 bits per heavy atom. The summed E-state index contributed by atoms with van der Waals surface area (Å²) in [5.74, 6) is 0.133. The first kappa shape index (κ1) is 12.5. The molecule has 0 aromatic rings. The Morgan fingerprint density at radius 3 is 2.60 bits per heavy atom. The van der Waals surface area contributed by atoms with Crippen LogP contribution in [0.1, 0.15) is 32.1 Å². The lowest BCUT2D eigenvalue weighted by Crippen LogP contribution is -2.28. The standard InChI is InChI=1S/C9H17NO4S/c10-8-3-1-2-7(4-8)5-9(6-11)15(12,13)14/h6-8,11H,1-5,10H2,(H,12,13,14)/b9-6+. The molecule has 0 spiro atoms. The Labute approximate surface area is 89.7 Å². The Bertz CT molecular complexity index is 336. The Hall–Kier alpha value is -0.590. The van der Waals surface area contributed by atoms with E-state index >= 15 is 0 Å². The van der Waals surface area contributed by atoms with Crippen LogP contribution in [-0.2, 0) is 10.1 Å². The van der Waals surface area contributed by atoms with Crippen molar-refractivity contribution in [3.63, 3.8) is 0 Å². The van der Waals surface area contributed by atoms with Crippen LogP contribution in [0.5, 0.6) is 0 Å². The minimum atomic E-state index is -4.26. The molecule has 6 heteroatoms. The van der Waals surface area contributed by atoms with Crippen molar-refractivity contribution in [3.8, 4) is 0 Å². The molecule has 0 amide bonds. The van der Waals surface area contributed by atoms with E-state index in [0.29, 0.717) is 6.26 Å². The lowest BCUT2D eigenvalue weighted by atomic mass is 9.84. The number of hydrogen-bond acceptors (Lipinski definition) is 4. The molecular weight excluding hydrogens is 218 g/mol. The average molecular weight is 235 g/mol. The summed E-state index contributed by atoms with van der Waals surface area (Å²) in [7, 11) is -4.26. The third-order valence-corrected chi connectivity index (χ3v) is 3.72. The Morgan fingerprint density at radius 1 is 1.47 bits per heavy atom. The number of aliphatic hydroxyl groups excluding tert-OH is 1. The van der Waals surface area contributed by atoms with Gasteiger partial charge in [0.15, 0.2) is 0 Å². The molecule has 0 aromatic carbocycles. The van der Waals surface area contributed by atoms with Crippen molar-refractivity contribution in [3.05, 3.63) is 11.2 Å². The summed E-state index contributed by atoms with van der Waals surface area (Å²) in [5.41, 5.74) is 5.76. The maximum atomic E-state index is 10.8. The number of aliphatic hydroxyl groups is 1. The molecule has 0 aliphatic heterocycles. The number of allylic oxidation sites excluding steroid dienone is 1. The molecule has 2 unspecified atom stereocenters. The van der Waals surface area contributed by atoms with Crippen LogP contribution in [0.4, 0.5) is 0 Å². The van der Waals surface area contributed by atoms with E-state index in [1.807, 2.05) is 0 Å². The van der Waals surface area contributed by atoms with Crippen molar-refractivity contribution in [1.82, 2.24) is 0 Å². The van der Waals surface area contributed by atoms with Crippen molar-refractivity contribution in [2.45, 2.75) is 38.1 Å². The lowest BCUT2D eigenvalue weighted by molar-refractivity contribution is 0.319. The third kappa shape index (κ3) is 3.81. The van der Waals surface area contributed by atoms with Gasteiger partial charge in [0.05, 0.1) is 6.26 Å². The van der Waals surface area contributed by atoms with Gasteiger partial charge in [-0.3, -0.25) is 4.55 Å². The van der Waals surface area contributed by atoms with Gasteiger partial charge in [0.25, 0.3) is 10.1 Å². The predicted octanol–water partition coefficient (Wildman–Crippen LogP) is 1.18. The quantitative estimate of drug-likeness (QED) is 0.503. The van der Waals surface area contributed by atoms with Crippen LogP contribution in [0, 0.1) is 5.92 Å². The number of rotatable bonds is 3. The second-order valence-electron chi connectivity index (χ2n) is 4.07. The molecule has 1 aliphatic rings. The summed E-state index contributed by atoms with van der Waals surface area (Å²) in [6.45, 7) is 0. The van der Waals surface area contributed by atoms with Gasteiger partial charge in [-0.05, 0) is 31.6 Å². The molecule has 5 nitrogen and oxygen atoms in total. The molecule has 4 N–H and O–H groups in total. The molecule has 0 saturated heterocycles. The van der Waals surface area contributed by atoms with Crippen molar-refractivity contribution in [1.29, 1.82) is 0 Å². The third-order valence-electron chi connectivity index (χ3n) is 2.79. The van der Waals surface area contributed by atoms with E-state index in [1.165, 1.54) is 0 Å². The van der Waals surface area contributed by atoms with Crippen LogP contribution in [0.2, 0.25) is 0 Å². The van der Waals surface area contributed by atoms with Crippen LogP contribution in [0.3, 0.4) is 0 Å². The molecule has 2 atom stereocenters. The lowest BCUT2D eigenvalue weighted by Gasteiger charge is -2.26. The first-order valence-electron chi connectivity index (χ1n) is 5.00. The maximum absolute atomic E-state index is 10.8. The fraction of sp³-hybridized carbons (Fsp3) is 0.778. The predicted molar refractivity (Wildman–Crippen MR) is 56.8 cm³/mol. The molecule has 1 saturated carbocycles. The van der Waals surface area contributed by atoms with Gasteiger partial charge in [-0.2, -0.15) is 8.42 Å². The van der Waals surface area contributed by atoms with Crippen molar-refractivity contribution in [2.75, 3.05) is 0 Å². The summed E-state index contributed by atoms with van der Waals surface area (Å²) < 4.78 is 30.4. The van der Waals surface area contributed by atoms with E-state index in [1.54, 1.807) is 0 Å². The van der Waals surface area contributed by atoms with Crippen LogP contribution in [0.25, 0.3) is 0 Å². The average Bonchev–Trinajstić information content (AvgIpc) is 2.12.